The zero-order valence-electron chi connectivity index (χ0n) is 9.98. The Morgan fingerprint density at radius 1 is 1.41 bits per heavy atom. The van der Waals surface area contributed by atoms with Gasteiger partial charge in [0.05, 0.1) is 11.3 Å². The highest BCUT2D eigenvalue weighted by Gasteiger charge is 2.16. The van der Waals surface area contributed by atoms with Crippen LogP contribution in [0.5, 0.6) is 0 Å². The van der Waals surface area contributed by atoms with Crippen molar-refractivity contribution in [3.05, 3.63) is 23.8 Å². The highest BCUT2D eigenvalue weighted by Crippen LogP contribution is 2.31. The summed E-state index contributed by atoms with van der Waals surface area (Å²) < 4.78 is 0. The maximum Gasteiger partial charge on any atom is 0.103 e. The van der Waals surface area contributed by atoms with Crippen molar-refractivity contribution in [2.75, 3.05) is 35.2 Å². The van der Waals surface area contributed by atoms with E-state index in [2.05, 4.69) is 36.1 Å². The van der Waals surface area contributed by atoms with E-state index in [0.717, 1.165) is 46.5 Å². The predicted octanol–water partition coefficient (Wildman–Crippen LogP) is 3.22. The van der Waals surface area contributed by atoms with Crippen LogP contribution in [0.15, 0.2) is 23.1 Å². The zero-order valence-corrected chi connectivity index (χ0v) is 11.6. The molecule has 0 unspecified atom stereocenters. The van der Waals surface area contributed by atoms with Crippen molar-refractivity contribution < 1.29 is 0 Å². The fourth-order valence-corrected chi connectivity index (χ4v) is 3.66. The molecule has 0 atom stereocenters. The lowest BCUT2D eigenvalue weighted by Gasteiger charge is -2.29. The van der Waals surface area contributed by atoms with E-state index in [-0.39, 0.29) is 0 Å². The molecule has 0 radical (unpaired) electrons. The molecule has 0 spiro atoms. The standard InChI is InChI=1S/C13H16N2S2/c1-2-17-13-5-3-4-12(11(13)10-14)15-6-8-16-9-7-15/h3-5H,2,6-9H2,1H3. The Morgan fingerprint density at radius 3 is 2.82 bits per heavy atom. The summed E-state index contributed by atoms with van der Waals surface area (Å²) in [4.78, 5) is 3.46. The molecular formula is C13H16N2S2. The molecule has 17 heavy (non-hydrogen) atoms. The molecule has 0 N–H and O–H groups in total. The Labute approximate surface area is 111 Å². The van der Waals surface area contributed by atoms with Crippen LogP contribution in [-0.4, -0.2) is 30.3 Å². The molecule has 1 saturated heterocycles. The van der Waals surface area contributed by atoms with Gasteiger partial charge in [-0.3, -0.25) is 0 Å². The largest absolute Gasteiger partial charge is 0.369 e. The Balaban J connectivity index is 2.32. The quantitative estimate of drug-likeness (QED) is 0.783. The summed E-state index contributed by atoms with van der Waals surface area (Å²) in [5, 5.41) is 9.36. The molecule has 1 aromatic carbocycles. The Hall–Kier alpha value is -0.790. The molecule has 4 heteroatoms. The molecule has 2 nitrogen and oxygen atoms in total. The van der Waals surface area contributed by atoms with Gasteiger partial charge in [-0.25, -0.2) is 0 Å². The number of rotatable bonds is 3. The summed E-state index contributed by atoms with van der Waals surface area (Å²) in [5.41, 5.74) is 1.97. The lowest BCUT2D eigenvalue weighted by Crippen LogP contribution is -2.33. The number of thioether (sulfide) groups is 2. The van der Waals surface area contributed by atoms with Gasteiger partial charge in [-0.05, 0) is 17.9 Å². The number of anilines is 1. The molecule has 0 saturated carbocycles. The van der Waals surface area contributed by atoms with Crippen LogP contribution in [0.4, 0.5) is 5.69 Å². The van der Waals surface area contributed by atoms with E-state index in [1.807, 2.05) is 11.8 Å². The summed E-state index contributed by atoms with van der Waals surface area (Å²) in [6.45, 7) is 4.23. The van der Waals surface area contributed by atoms with Crippen molar-refractivity contribution in [2.45, 2.75) is 11.8 Å². The molecule has 0 amide bonds. The van der Waals surface area contributed by atoms with Crippen LogP contribution in [0.3, 0.4) is 0 Å². The number of nitrogens with zero attached hydrogens (tertiary/aromatic N) is 2. The second kappa shape index (κ2) is 6.23. The first-order valence-corrected chi connectivity index (χ1v) is 7.99. The van der Waals surface area contributed by atoms with E-state index in [0.29, 0.717) is 0 Å². The van der Waals surface area contributed by atoms with Crippen molar-refractivity contribution >= 4 is 29.2 Å². The summed E-state index contributed by atoms with van der Waals surface area (Å²) in [6, 6.07) is 8.57. The molecule has 1 heterocycles. The molecule has 0 aromatic heterocycles. The first-order valence-electron chi connectivity index (χ1n) is 5.85. The zero-order chi connectivity index (χ0) is 12.1. The van der Waals surface area contributed by atoms with Crippen molar-refractivity contribution in [1.29, 1.82) is 5.26 Å². The molecule has 1 aliphatic heterocycles. The first kappa shape index (κ1) is 12.7. The van der Waals surface area contributed by atoms with Crippen LogP contribution in [0.1, 0.15) is 12.5 Å². The minimum atomic E-state index is 0.853. The minimum absolute atomic E-state index is 0.853. The van der Waals surface area contributed by atoms with E-state index < -0.39 is 0 Å². The van der Waals surface area contributed by atoms with Crippen molar-refractivity contribution in [3.63, 3.8) is 0 Å². The first-order chi connectivity index (χ1) is 8.36. The highest BCUT2D eigenvalue weighted by atomic mass is 32.2. The van der Waals surface area contributed by atoms with Gasteiger partial charge in [0.25, 0.3) is 0 Å². The van der Waals surface area contributed by atoms with Crippen LogP contribution in [0.2, 0.25) is 0 Å². The Bertz CT molecular complexity index is 420. The fraction of sp³-hybridized carbons (Fsp3) is 0.462. The molecule has 1 aromatic rings. The molecule has 1 fully saturated rings. The number of hydrogen-bond donors (Lipinski definition) is 0. The van der Waals surface area contributed by atoms with Gasteiger partial charge in [-0.2, -0.15) is 17.0 Å². The van der Waals surface area contributed by atoms with E-state index in [9.17, 15) is 5.26 Å². The van der Waals surface area contributed by atoms with E-state index in [4.69, 9.17) is 0 Å². The predicted molar refractivity (Wildman–Crippen MR) is 77.1 cm³/mol. The third kappa shape index (κ3) is 2.91. The van der Waals surface area contributed by atoms with Crippen molar-refractivity contribution in [1.82, 2.24) is 0 Å². The van der Waals surface area contributed by atoms with Gasteiger partial charge in [0.2, 0.25) is 0 Å². The van der Waals surface area contributed by atoms with E-state index in [1.165, 1.54) is 0 Å². The SMILES string of the molecule is CCSc1cccc(N2CCSCC2)c1C#N. The van der Waals surface area contributed by atoms with Gasteiger partial charge in [0, 0.05) is 29.5 Å². The molecular weight excluding hydrogens is 248 g/mol. The minimum Gasteiger partial charge on any atom is -0.369 e. The lowest BCUT2D eigenvalue weighted by molar-refractivity contribution is 0.855. The highest BCUT2D eigenvalue weighted by molar-refractivity contribution is 7.99. The second-order valence-electron chi connectivity index (χ2n) is 3.79. The maximum absolute atomic E-state index is 9.36. The van der Waals surface area contributed by atoms with Crippen LogP contribution in [0.25, 0.3) is 0 Å². The Kier molecular flexibility index (Phi) is 4.64. The molecule has 1 aliphatic rings. The fourth-order valence-electron chi connectivity index (χ4n) is 1.98. The average Bonchev–Trinajstić information content (AvgIpc) is 2.40. The molecule has 0 bridgehead atoms. The third-order valence-corrected chi connectivity index (χ3v) is 4.65. The lowest BCUT2D eigenvalue weighted by atomic mass is 10.1. The smallest absolute Gasteiger partial charge is 0.103 e. The summed E-state index contributed by atoms with van der Waals surface area (Å²) in [5.74, 6) is 3.33. The average molecular weight is 264 g/mol. The third-order valence-electron chi connectivity index (χ3n) is 2.77. The molecule has 90 valence electrons. The number of hydrogen-bond acceptors (Lipinski definition) is 4. The number of nitriles is 1. The molecule has 0 aliphatic carbocycles. The van der Waals surface area contributed by atoms with Gasteiger partial charge in [-0.1, -0.05) is 13.0 Å². The number of benzene rings is 1. The van der Waals surface area contributed by atoms with Gasteiger partial charge < -0.3 is 4.90 Å². The van der Waals surface area contributed by atoms with E-state index >= 15 is 0 Å². The van der Waals surface area contributed by atoms with Crippen molar-refractivity contribution in [3.8, 4) is 6.07 Å². The van der Waals surface area contributed by atoms with Gasteiger partial charge in [0.15, 0.2) is 0 Å². The van der Waals surface area contributed by atoms with E-state index in [1.54, 1.807) is 11.8 Å². The second-order valence-corrected chi connectivity index (χ2v) is 6.33. The Morgan fingerprint density at radius 2 is 2.18 bits per heavy atom. The maximum atomic E-state index is 9.36. The summed E-state index contributed by atoms with van der Waals surface area (Å²) in [7, 11) is 0. The van der Waals surface area contributed by atoms with Gasteiger partial charge in [0.1, 0.15) is 6.07 Å². The monoisotopic (exact) mass is 264 g/mol. The van der Waals surface area contributed by atoms with Crippen molar-refractivity contribution in [2.24, 2.45) is 0 Å². The van der Waals surface area contributed by atoms with Gasteiger partial charge in [-0.15, -0.1) is 11.8 Å². The molecule has 2 rings (SSSR count). The summed E-state index contributed by atoms with van der Waals surface area (Å²) >= 11 is 3.74. The van der Waals surface area contributed by atoms with Crippen LogP contribution < -0.4 is 4.90 Å². The van der Waals surface area contributed by atoms with Crippen LogP contribution >= 0.6 is 23.5 Å². The van der Waals surface area contributed by atoms with Crippen LogP contribution in [-0.2, 0) is 0 Å². The summed E-state index contributed by atoms with van der Waals surface area (Å²) in [6.07, 6.45) is 0. The van der Waals surface area contributed by atoms with Gasteiger partial charge >= 0.3 is 0 Å². The topological polar surface area (TPSA) is 27.0 Å². The normalized spacial score (nSPS) is 15.6. The van der Waals surface area contributed by atoms with Crippen LogP contribution in [0, 0.1) is 11.3 Å².